The molecule has 1 aliphatic rings. The first kappa shape index (κ1) is 23.0. The van der Waals surface area contributed by atoms with Crippen LogP contribution in [0, 0.1) is 6.92 Å². The highest BCUT2D eigenvalue weighted by atomic mass is 32.1. The van der Waals surface area contributed by atoms with Crippen molar-refractivity contribution in [2.75, 3.05) is 32.8 Å². The van der Waals surface area contributed by atoms with Gasteiger partial charge in [0.2, 0.25) is 0 Å². The molecule has 0 saturated carbocycles. The predicted octanol–water partition coefficient (Wildman–Crippen LogP) is 4.21. The lowest BCUT2D eigenvalue weighted by Crippen LogP contribution is -2.53. The van der Waals surface area contributed by atoms with E-state index in [9.17, 15) is 5.11 Å². The fourth-order valence-electron chi connectivity index (χ4n) is 4.47. The van der Waals surface area contributed by atoms with Crippen molar-refractivity contribution in [1.82, 2.24) is 19.9 Å². The van der Waals surface area contributed by atoms with Crippen LogP contribution in [0.3, 0.4) is 0 Å². The van der Waals surface area contributed by atoms with Crippen LogP contribution in [0.25, 0.3) is 21.5 Å². The quantitative estimate of drug-likeness (QED) is 0.407. The predicted molar refractivity (Wildman–Crippen MR) is 134 cm³/mol. The minimum atomic E-state index is -0.550. The van der Waals surface area contributed by atoms with Crippen molar-refractivity contribution < 1.29 is 14.4 Å². The van der Waals surface area contributed by atoms with E-state index in [-0.39, 0.29) is 6.61 Å². The van der Waals surface area contributed by atoms with Crippen molar-refractivity contribution in [3.05, 3.63) is 65.3 Å². The Morgan fingerprint density at radius 1 is 1.18 bits per heavy atom. The fourth-order valence-corrected chi connectivity index (χ4v) is 5.27. The lowest BCUT2D eigenvalue weighted by Gasteiger charge is -2.40. The first-order chi connectivity index (χ1) is 16.5. The molecule has 1 saturated heterocycles. The van der Waals surface area contributed by atoms with E-state index >= 15 is 0 Å². The van der Waals surface area contributed by atoms with E-state index in [0.29, 0.717) is 12.6 Å². The van der Waals surface area contributed by atoms with Crippen molar-refractivity contribution in [3.8, 4) is 17.1 Å². The standard InChI is InChI=1S/C26H30N4O3S/c1-18-14-29(15-21-12-25(33-28-21)20-6-4-3-5-7-20)10-11-30(18)16-22(31)17-32-23-8-9-26-24(13-23)27-19(2)34-26/h3-9,12-13,18,22,31H,10-11,14-17H2,1-2H3/t18-,22-/m0/s1. The van der Waals surface area contributed by atoms with Crippen LogP contribution < -0.4 is 4.74 Å². The molecule has 0 bridgehead atoms. The van der Waals surface area contributed by atoms with E-state index in [1.54, 1.807) is 11.3 Å². The van der Waals surface area contributed by atoms with Crippen LogP contribution in [0.5, 0.6) is 5.75 Å². The molecular weight excluding hydrogens is 448 g/mol. The molecule has 7 nitrogen and oxygen atoms in total. The van der Waals surface area contributed by atoms with Crippen LogP contribution in [-0.2, 0) is 6.54 Å². The zero-order valence-electron chi connectivity index (χ0n) is 19.6. The van der Waals surface area contributed by atoms with E-state index in [1.165, 1.54) is 0 Å². The van der Waals surface area contributed by atoms with Gasteiger partial charge in [0.25, 0.3) is 0 Å². The molecule has 1 N–H and O–H groups in total. The molecule has 0 radical (unpaired) electrons. The summed E-state index contributed by atoms with van der Waals surface area (Å²) in [6, 6.07) is 18.3. The van der Waals surface area contributed by atoms with Gasteiger partial charge in [-0.05, 0) is 26.0 Å². The normalized spacial score (nSPS) is 18.4. The number of fused-ring (bicyclic) bond motifs is 1. The number of aliphatic hydroxyl groups excluding tert-OH is 1. The molecule has 2 aromatic carbocycles. The van der Waals surface area contributed by atoms with E-state index in [1.807, 2.05) is 61.5 Å². The van der Waals surface area contributed by atoms with Gasteiger partial charge in [-0.1, -0.05) is 35.5 Å². The minimum absolute atomic E-state index is 0.267. The largest absolute Gasteiger partial charge is 0.491 e. The Bertz CT molecular complexity index is 1230. The molecule has 34 heavy (non-hydrogen) atoms. The number of rotatable bonds is 8. The van der Waals surface area contributed by atoms with Crippen LogP contribution in [-0.4, -0.2) is 70.0 Å². The van der Waals surface area contributed by atoms with Crippen LogP contribution in [0.1, 0.15) is 17.6 Å². The molecule has 8 heteroatoms. The van der Waals surface area contributed by atoms with E-state index < -0.39 is 6.10 Å². The second kappa shape index (κ2) is 10.2. The SMILES string of the molecule is Cc1nc2cc(OC[C@@H](O)CN3CCN(Cc4cc(-c5ccccc5)on4)C[C@@H]3C)ccc2s1. The van der Waals surface area contributed by atoms with Gasteiger partial charge in [-0.15, -0.1) is 11.3 Å². The smallest absolute Gasteiger partial charge is 0.167 e. The summed E-state index contributed by atoms with van der Waals surface area (Å²) in [5, 5.41) is 15.9. The van der Waals surface area contributed by atoms with Crippen LogP contribution in [0.4, 0.5) is 0 Å². The molecule has 0 unspecified atom stereocenters. The summed E-state index contributed by atoms with van der Waals surface area (Å²) in [6.07, 6.45) is -0.550. The molecule has 0 amide bonds. The Labute approximate surface area is 203 Å². The van der Waals surface area contributed by atoms with Crippen molar-refractivity contribution in [1.29, 1.82) is 0 Å². The lowest BCUT2D eigenvalue weighted by molar-refractivity contribution is 0.0192. The van der Waals surface area contributed by atoms with Crippen molar-refractivity contribution in [3.63, 3.8) is 0 Å². The van der Waals surface area contributed by atoms with Crippen molar-refractivity contribution >= 4 is 21.6 Å². The maximum atomic E-state index is 10.6. The third-order valence-corrected chi connectivity index (χ3v) is 7.16. The van der Waals surface area contributed by atoms with Gasteiger partial charge in [-0.25, -0.2) is 4.98 Å². The average Bonchev–Trinajstić information content (AvgIpc) is 3.45. The van der Waals surface area contributed by atoms with Gasteiger partial charge in [0.05, 0.1) is 20.9 Å². The highest BCUT2D eigenvalue weighted by Crippen LogP contribution is 2.26. The maximum absolute atomic E-state index is 10.6. The molecule has 0 spiro atoms. The van der Waals surface area contributed by atoms with E-state index in [0.717, 1.165) is 64.2 Å². The van der Waals surface area contributed by atoms with Gasteiger partial charge in [0, 0.05) is 56.5 Å². The first-order valence-corrected chi connectivity index (χ1v) is 12.5. The van der Waals surface area contributed by atoms with Gasteiger partial charge >= 0.3 is 0 Å². The first-order valence-electron chi connectivity index (χ1n) is 11.7. The molecule has 178 valence electrons. The summed E-state index contributed by atoms with van der Waals surface area (Å²) < 4.78 is 12.6. The second-order valence-electron chi connectivity index (χ2n) is 8.95. The topological polar surface area (TPSA) is 74.9 Å². The third kappa shape index (κ3) is 5.47. The molecule has 0 aliphatic carbocycles. The number of aromatic nitrogens is 2. The Hall–Kier alpha value is -2.78. The number of ether oxygens (including phenoxy) is 1. The number of hydrogen-bond acceptors (Lipinski definition) is 8. The summed E-state index contributed by atoms with van der Waals surface area (Å²) in [6.45, 7) is 8.56. The van der Waals surface area contributed by atoms with E-state index in [4.69, 9.17) is 9.26 Å². The molecule has 2 atom stereocenters. The number of β-amino-alcohol motifs (C(OH)–C–C–N with tert-alkyl or cyclic N) is 1. The van der Waals surface area contributed by atoms with Crippen LogP contribution in [0.15, 0.2) is 59.1 Å². The monoisotopic (exact) mass is 478 g/mol. The maximum Gasteiger partial charge on any atom is 0.167 e. The summed E-state index contributed by atoms with van der Waals surface area (Å²) in [5.41, 5.74) is 2.93. The molecule has 5 rings (SSSR count). The molecule has 4 aromatic rings. The number of hydrogen-bond donors (Lipinski definition) is 1. The number of benzene rings is 2. The zero-order chi connectivity index (χ0) is 23.5. The van der Waals surface area contributed by atoms with Crippen LogP contribution in [0.2, 0.25) is 0 Å². The fraction of sp³-hybridized carbons (Fsp3) is 0.385. The number of thiazole rings is 1. The second-order valence-corrected chi connectivity index (χ2v) is 10.2. The Balaban J connectivity index is 1.09. The molecule has 2 aromatic heterocycles. The van der Waals surface area contributed by atoms with Crippen LogP contribution >= 0.6 is 11.3 Å². The Kier molecular flexibility index (Phi) is 6.92. The third-order valence-electron chi connectivity index (χ3n) is 6.21. The Morgan fingerprint density at radius 2 is 2.03 bits per heavy atom. The number of aliphatic hydroxyl groups is 1. The van der Waals surface area contributed by atoms with Gasteiger partial charge < -0.3 is 14.4 Å². The van der Waals surface area contributed by atoms with Crippen molar-refractivity contribution in [2.45, 2.75) is 32.5 Å². The summed E-state index contributed by atoms with van der Waals surface area (Å²) in [7, 11) is 0. The number of nitrogens with zero attached hydrogens (tertiary/aromatic N) is 4. The van der Waals surface area contributed by atoms with Gasteiger partial charge in [-0.3, -0.25) is 9.80 Å². The highest BCUT2D eigenvalue weighted by Gasteiger charge is 2.26. The number of aryl methyl sites for hydroxylation is 1. The minimum Gasteiger partial charge on any atom is -0.491 e. The van der Waals surface area contributed by atoms with Gasteiger partial charge in [0.1, 0.15) is 18.5 Å². The highest BCUT2D eigenvalue weighted by molar-refractivity contribution is 7.18. The zero-order valence-corrected chi connectivity index (χ0v) is 20.4. The molecule has 3 heterocycles. The summed E-state index contributed by atoms with van der Waals surface area (Å²) >= 11 is 1.67. The summed E-state index contributed by atoms with van der Waals surface area (Å²) in [4.78, 5) is 9.23. The average molecular weight is 479 g/mol. The number of piperazine rings is 1. The Morgan fingerprint density at radius 3 is 2.85 bits per heavy atom. The molecule has 1 aliphatic heterocycles. The summed E-state index contributed by atoms with van der Waals surface area (Å²) in [5.74, 6) is 1.55. The molecular formula is C26H30N4O3S. The van der Waals surface area contributed by atoms with Gasteiger partial charge in [-0.2, -0.15) is 0 Å². The molecule has 1 fully saturated rings. The van der Waals surface area contributed by atoms with Gasteiger partial charge in [0.15, 0.2) is 5.76 Å². The van der Waals surface area contributed by atoms with Crippen molar-refractivity contribution in [2.24, 2.45) is 0 Å². The lowest BCUT2D eigenvalue weighted by atomic mass is 10.1. The van der Waals surface area contributed by atoms with E-state index in [2.05, 4.69) is 26.9 Å².